The van der Waals surface area contributed by atoms with Crippen LogP contribution in [0.3, 0.4) is 0 Å². The Morgan fingerprint density at radius 3 is 1.11 bits per heavy atom. The van der Waals surface area contributed by atoms with Crippen molar-refractivity contribution in [2.24, 2.45) is 0 Å². The second-order valence-corrected chi connectivity index (χ2v) is 14.2. The third-order valence-electron chi connectivity index (χ3n) is 6.78. The molecule has 0 aliphatic rings. The molecular weight excluding hydrogens is 622 g/mol. The molecule has 5 aromatic rings. The van der Waals surface area contributed by atoms with Gasteiger partial charge in [-0.3, -0.25) is 9.05 Å². The maximum Gasteiger partial charge on any atom is 0.588 e. The Bertz CT molecular complexity index is 1750. The smallest absolute Gasteiger partial charge is 0.395 e. The minimum absolute atomic E-state index is 0.181. The fourth-order valence-corrected chi connectivity index (χ4v) is 7.57. The Labute approximate surface area is 270 Å². The molecule has 1 unspecified atom stereocenters. The predicted molar refractivity (Wildman–Crippen MR) is 178 cm³/mol. The van der Waals surface area contributed by atoms with E-state index in [4.69, 9.17) is 27.1 Å². The fraction of sp³-hybridized carbons (Fsp3) is 0.167. The maximum absolute atomic E-state index is 14.4. The molecule has 0 fully saturated rings. The van der Waals surface area contributed by atoms with Crippen LogP contribution in [0, 0.1) is 0 Å². The summed E-state index contributed by atoms with van der Waals surface area (Å²) in [6.07, 6.45) is 0. The van der Waals surface area contributed by atoms with Gasteiger partial charge in [0, 0.05) is 0 Å². The van der Waals surface area contributed by atoms with Crippen molar-refractivity contribution in [1.29, 1.82) is 0 Å². The van der Waals surface area contributed by atoms with Gasteiger partial charge in [-0.2, -0.15) is 0 Å². The van der Waals surface area contributed by atoms with Crippen LogP contribution >= 0.6 is 15.6 Å². The molecule has 0 aliphatic heterocycles. The summed E-state index contributed by atoms with van der Waals surface area (Å²) in [7, 11) is -8.56. The molecule has 0 bridgehead atoms. The molecule has 0 aromatic heterocycles. The lowest BCUT2D eigenvalue weighted by Gasteiger charge is -2.31. The van der Waals surface area contributed by atoms with Crippen LogP contribution in [0.15, 0.2) is 146 Å². The summed E-state index contributed by atoms with van der Waals surface area (Å²) in [5.41, 5.74) is -0.965. The molecule has 8 nitrogen and oxygen atoms in total. The van der Waals surface area contributed by atoms with Crippen molar-refractivity contribution in [3.8, 4) is 23.0 Å². The summed E-state index contributed by atoms with van der Waals surface area (Å²) in [6.45, 7) is 7.02. The Morgan fingerprint density at radius 1 is 0.391 bits per heavy atom. The summed E-state index contributed by atoms with van der Waals surface area (Å²) in [6, 6.07) is 42.1. The average Bonchev–Trinajstić information content (AvgIpc) is 3.02. The highest BCUT2D eigenvalue weighted by atomic mass is 31.2. The number of hydrogen-bond donors (Lipinski definition) is 0. The normalized spacial score (nSPS) is 13.3. The molecule has 10 heteroatoms. The van der Waals surface area contributed by atoms with E-state index in [2.05, 4.69) is 0 Å². The molecule has 46 heavy (non-hydrogen) atoms. The molecule has 5 aromatic carbocycles. The van der Waals surface area contributed by atoms with E-state index in [9.17, 15) is 9.13 Å². The third-order valence-corrected chi connectivity index (χ3v) is 9.87. The van der Waals surface area contributed by atoms with Crippen LogP contribution in [-0.2, 0) is 29.4 Å². The Morgan fingerprint density at radius 2 is 0.696 bits per heavy atom. The molecular formula is C36H36O8P2. The quantitative estimate of drug-likeness (QED) is 0.109. The van der Waals surface area contributed by atoms with Gasteiger partial charge in [0.15, 0.2) is 0 Å². The molecule has 0 amide bonds. The van der Waals surface area contributed by atoms with Gasteiger partial charge in [0.2, 0.25) is 0 Å². The monoisotopic (exact) mass is 658 g/mol. The molecule has 0 N–H and O–H groups in total. The van der Waals surface area contributed by atoms with Crippen LogP contribution in [-0.4, -0.2) is 0 Å². The van der Waals surface area contributed by atoms with Crippen LogP contribution in [0.4, 0.5) is 0 Å². The van der Waals surface area contributed by atoms with Crippen molar-refractivity contribution in [3.63, 3.8) is 0 Å². The van der Waals surface area contributed by atoms with Crippen molar-refractivity contribution in [3.05, 3.63) is 157 Å². The van der Waals surface area contributed by atoms with Gasteiger partial charge in [0.05, 0.1) is 0 Å². The summed E-state index contributed by atoms with van der Waals surface area (Å²) in [5.74, 6) is 1.12. The first-order valence-electron chi connectivity index (χ1n) is 14.6. The van der Waals surface area contributed by atoms with E-state index in [-0.39, 0.29) is 5.75 Å². The molecule has 1 atom stereocenters. The summed E-state index contributed by atoms with van der Waals surface area (Å²) < 4.78 is 64.4. The standard InChI is InChI=1S/C36H36O8P2/c1-35(2,29-18-9-5-10-19-29)43-46(38,41-33-25-15-8-16-26-33)42-34-27-17-20-30(28-34)36(3,4)44-45(37,39-31-21-11-6-12-22-31)40-32-23-13-7-14-24-32/h5-28H,1-4H3. The van der Waals surface area contributed by atoms with Crippen molar-refractivity contribution < 1.29 is 36.3 Å². The summed E-state index contributed by atoms with van der Waals surface area (Å²) >= 11 is 0. The lowest BCUT2D eigenvalue weighted by Crippen LogP contribution is -2.24. The molecule has 0 spiro atoms. The molecule has 0 heterocycles. The van der Waals surface area contributed by atoms with Crippen LogP contribution in [0.2, 0.25) is 0 Å². The lowest BCUT2D eigenvalue weighted by atomic mass is 9.98. The zero-order valence-electron chi connectivity index (χ0n) is 26.0. The highest BCUT2D eigenvalue weighted by molar-refractivity contribution is 7.49. The van der Waals surface area contributed by atoms with Gasteiger partial charge in [0.25, 0.3) is 0 Å². The van der Waals surface area contributed by atoms with E-state index in [1.807, 2.05) is 48.5 Å². The minimum atomic E-state index is -4.30. The minimum Gasteiger partial charge on any atom is -0.395 e. The van der Waals surface area contributed by atoms with Gasteiger partial charge < -0.3 is 18.1 Å². The van der Waals surface area contributed by atoms with Crippen molar-refractivity contribution in [1.82, 2.24) is 0 Å². The molecule has 0 saturated carbocycles. The topological polar surface area (TPSA) is 89.5 Å². The number of hydrogen-bond acceptors (Lipinski definition) is 8. The van der Waals surface area contributed by atoms with E-state index in [1.165, 1.54) is 0 Å². The van der Waals surface area contributed by atoms with E-state index < -0.39 is 26.8 Å². The largest absolute Gasteiger partial charge is 0.588 e. The van der Waals surface area contributed by atoms with Gasteiger partial charge in [-0.05, 0) is 87.4 Å². The highest BCUT2D eigenvalue weighted by Gasteiger charge is 2.42. The van der Waals surface area contributed by atoms with E-state index in [1.54, 1.807) is 125 Å². The number of para-hydroxylation sites is 3. The van der Waals surface area contributed by atoms with Gasteiger partial charge in [-0.25, -0.2) is 9.13 Å². The first kappa shape index (κ1) is 33.1. The van der Waals surface area contributed by atoms with E-state index in [0.717, 1.165) is 5.56 Å². The first-order chi connectivity index (χ1) is 21.9. The maximum atomic E-state index is 14.4. The second kappa shape index (κ2) is 14.0. The number of rotatable bonds is 14. The van der Waals surface area contributed by atoms with Crippen molar-refractivity contribution in [2.75, 3.05) is 0 Å². The fourth-order valence-electron chi connectivity index (χ4n) is 4.50. The van der Waals surface area contributed by atoms with E-state index >= 15 is 0 Å². The third kappa shape index (κ3) is 8.90. The molecule has 238 valence electrons. The van der Waals surface area contributed by atoms with Crippen LogP contribution < -0.4 is 18.1 Å². The average molecular weight is 659 g/mol. The van der Waals surface area contributed by atoms with Gasteiger partial charge in [-0.1, -0.05) is 97.1 Å². The van der Waals surface area contributed by atoms with Gasteiger partial charge in [-0.15, -0.1) is 0 Å². The second-order valence-electron chi connectivity index (χ2n) is 11.3. The number of phosphoric acid groups is 2. The van der Waals surface area contributed by atoms with Crippen molar-refractivity contribution >= 4 is 15.6 Å². The first-order valence-corrected chi connectivity index (χ1v) is 17.6. The molecule has 0 aliphatic carbocycles. The lowest BCUT2D eigenvalue weighted by molar-refractivity contribution is 0.0663. The molecule has 5 rings (SSSR count). The number of phosphoric ester groups is 2. The highest BCUT2D eigenvalue weighted by Crippen LogP contribution is 2.56. The van der Waals surface area contributed by atoms with Gasteiger partial charge >= 0.3 is 15.6 Å². The number of benzene rings is 5. The van der Waals surface area contributed by atoms with Crippen molar-refractivity contribution in [2.45, 2.75) is 38.9 Å². The van der Waals surface area contributed by atoms with Crippen LogP contribution in [0.5, 0.6) is 23.0 Å². The van der Waals surface area contributed by atoms with E-state index in [0.29, 0.717) is 22.8 Å². The Hall–Kier alpha value is -4.32. The van der Waals surface area contributed by atoms with Gasteiger partial charge in [0.1, 0.15) is 34.2 Å². The summed E-state index contributed by atoms with van der Waals surface area (Å²) in [4.78, 5) is 0. The Kier molecular flexibility index (Phi) is 10.0. The predicted octanol–water partition coefficient (Wildman–Crippen LogP) is 10.7. The Balaban J connectivity index is 1.43. The molecule has 0 saturated heterocycles. The molecule has 0 radical (unpaired) electrons. The van der Waals surface area contributed by atoms with Crippen LogP contribution in [0.1, 0.15) is 38.8 Å². The zero-order chi connectivity index (χ0) is 32.7. The zero-order valence-corrected chi connectivity index (χ0v) is 27.8. The SMILES string of the molecule is CC(C)(OP(=O)(Oc1ccccc1)Oc1cccc(C(C)(C)OP(=O)(Oc2ccccc2)Oc2ccccc2)c1)c1ccccc1. The summed E-state index contributed by atoms with van der Waals surface area (Å²) in [5, 5.41) is 0. The van der Waals surface area contributed by atoms with Crippen LogP contribution in [0.25, 0.3) is 0 Å².